The smallest absolute Gasteiger partial charge is 0.359 e. The fraction of sp³-hybridized carbons (Fsp3) is 1.00. The van der Waals surface area contributed by atoms with Gasteiger partial charge in [0.15, 0.2) is 0 Å². The molecular weight excluding hydrogens is 869 g/mol. The van der Waals surface area contributed by atoms with Crippen LogP contribution in [0.5, 0.6) is 0 Å². The lowest BCUT2D eigenvalue weighted by atomic mass is 9.67. The lowest BCUT2D eigenvalue weighted by Crippen LogP contribution is -2.72. The fourth-order valence-corrected chi connectivity index (χ4v) is 4.98. The second-order valence-electron chi connectivity index (χ2n) is 11.0. The predicted octanol–water partition coefficient (Wildman–Crippen LogP) is 10.1. The van der Waals surface area contributed by atoms with Gasteiger partial charge in [0.05, 0.1) is 0 Å². The molecule has 55 heavy (non-hydrogen) atoms. The average Bonchev–Trinajstić information content (AvgIpc) is 2.94. The van der Waals surface area contributed by atoms with Gasteiger partial charge in [0.1, 0.15) is 13.6 Å². The zero-order valence-electron chi connectivity index (χ0n) is 26.2. The molecule has 0 aromatic carbocycles. The third-order valence-electron chi connectivity index (χ3n) is 7.68. The average molecular weight is 890 g/mol. The summed E-state index contributed by atoms with van der Waals surface area (Å²) >= 11 is 0. The quantitative estimate of drug-likeness (QED) is 0.148. The van der Waals surface area contributed by atoms with Crippen LogP contribution in [-0.2, 0) is 18.9 Å². The van der Waals surface area contributed by atoms with E-state index in [0.29, 0.717) is 0 Å². The first-order valence-corrected chi connectivity index (χ1v) is 13.4. The van der Waals surface area contributed by atoms with Gasteiger partial charge < -0.3 is 24.1 Å². The molecule has 332 valence electrons. The number of alkyl halides is 27. The highest BCUT2D eigenvalue weighted by atomic mass is 19.4. The van der Waals surface area contributed by atoms with Crippen LogP contribution in [0.4, 0.5) is 119 Å². The second-order valence-corrected chi connectivity index (χ2v) is 11.0. The summed E-state index contributed by atoms with van der Waals surface area (Å²) in [6, 6.07) is 0. The van der Waals surface area contributed by atoms with Crippen molar-refractivity contribution in [3.8, 4) is 0 Å². The van der Waals surface area contributed by atoms with Gasteiger partial charge >= 0.3 is 66.6 Å². The number of ether oxygens (including phenoxy) is 4. The van der Waals surface area contributed by atoms with Crippen LogP contribution in [0.15, 0.2) is 0 Å². The third-order valence-corrected chi connectivity index (χ3v) is 7.68. The van der Waals surface area contributed by atoms with E-state index in [-0.39, 0.29) is 0 Å². The van der Waals surface area contributed by atoms with Crippen LogP contribution in [-0.4, -0.2) is 111 Å². The largest absolute Gasteiger partial charge is 0.460 e. The van der Waals surface area contributed by atoms with E-state index >= 15 is 0 Å². The zero-order valence-corrected chi connectivity index (χ0v) is 26.2. The van der Waals surface area contributed by atoms with E-state index in [1.54, 1.807) is 0 Å². The highest BCUT2D eigenvalue weighted by molar-refractivity contribution is 5.12. The Hall–Kier alpha value is -2.09. The molecule has 0 aromatic heterocycles. The first-order chi connectivity index (χ1) is 23.8. The van der Waals surface area contributed by atoms with Crippen LogP contribution in [0.1, 0.15) is 25.7 Å². The summed E-state index contributed by atoms with van der Waals surface area (Å²) in [4.78, 5) is 0. The van der Waals surface area contributed by atoms with Crippen molar-refractivity contribution in [3.63, 3.8) is 0 Å². The topological polar surface area (TPSA) is 57.2 Å². The van der Waals surface area contributed by atoms with Crippen molar-refractivity contribution in [1.29, 1.82) is 0 Å². The Morgan fingerprint density at radius 1 is 0.364 bits per heavy atom. The van der Waals surface area contributed by atoms with Crippen molar-refractivity contribution in [2.24, 2.45) is 11.8 Å². The molecule has 1 saturated carbocycles. The summed E-state index contributed by atoms with van der Waals surface area (Å²) in [6.07, 6.45) is -44.4. The van der Waals surface area contributed by atoms with Crippen LogP contribution < -0.4 is 0 Å². The third kappa shape index (κ3) is 8.99. The summed E-state index contributed by atoms with van der Waals surface area (Å²) in [5, 5.41) is 7.32. The summed E-state index contributed by atoms with van der Waals surface area (Å²) in [6.45, 7) is -2.93. The molecule has 1 aliphatic rings. The van der Waals surface area contributed by atoms with Crippen molar-refractivity contribution in [3.05, 3.63) is 0 Å². The highest BCUT2D eigenvalue weighted by Gasteiger charge is 2.93. The van der Waals surface area contributed by atoms with Crippen LogP contribution >= 0.6 is 0 Å². The van der Waals surface area contributed by atoms with E-state index in [2.05, 4.69) is 18.9 Å². The summed E-state index contributed by atoms with van der Waals surface area (Å²) < 4.78 is 362. The molecular formula is C23H21F27O5. The van der Waals surface area contributed by atoms with Gasteiger partial charge in [-0.05, 0) is 25.7 Å². The molecule has 0 aromatic rings. The summed E-state index contributed by atoms with van der Waals surface area (Å²) in [5.74, 6) is -45.7. The number of hydrogen-bond acceptors (Lipinski definition) is 5. The van der Waals surface area contributed by atoms with Crippen LogP contribution in [0, 0.1) is 11.8 Å². The Morgan fingerprint density at radius 2 is 0.582 bits per heavy atom. The molecule has 0 saturated heterocycles. The highest BCUT2D eigenvalue weighted by Crippen LogP contribution is 2.63. The van der Waals surface area contributed by atoms with E-state index in [1.807, 2.05) is 0 Å². The van der Waals surface area contributed by atoms with Crippen molar-refractivity contribution in [2.75, 3.05) is 27.8 Å². The van der Waals surface area contributed by atoms with Gasteiger partial charge in [-0.2, -0.15) is 119 Å². The monoisotopic (exact) mass is 890 g/mol. The van der Waals surface area contributed by atoms with Gasteiger partial charge in [-0.1, -0.05) is 0 Å². The molecule has 1 rings (SSSR count). The summed E-state index contributed by atoms with van der Waals surface area (Å²) in [5.41, 5.74) is -9.68. The maximum absolute atomic E-state index is 13.6. The van der Waals surface area contributed by atoms with Gasteiger partial charge in [0.25, 0.3) is 11.2 Å². The SMILES string of the molecule is COCOC(C1CCC(C(OCOC)(C(F)(F)F)C(F)(F)F)CC1)(C(F)(F)F)C(F)(F)F.OC(F)(F)C(F)(F)C(F)(F)C(F)(F)C(F)(F)C(F)(F)C(F)(F)F. The van der Waals surface area contributed by atoms with Crippen molar-refractivity contribution in [1.82, 2.24) is 0 Å². The first-order valence-electron chi connectivity index (χ1n) is 13.4. The molecule has 0 bridgehead atoms. The van der Waals surface area contributed by atoms with Crippen LogP contribution in [0.2, 0.25) is 0 Å². The maximum Gasteiger partial charge on any atom is 0.460 e. The lowest BCUT2D eigenvalue weighted by Gasteiger charge is -2.48. The van der Waals surface area contributed by atoms with Crippen LogP contribution in [0.3, 0.4) is 0 Å². The first kappa shape index (κ1) is 52.9. The Bertz CT molecular complexity index is 1100. The van der Waals surface area contributed by atoms with E-state index in [4.69, 9.17) is 5.11 Å². The Kier molecular flexibility index (Phi) is 15.3. The van der Waals surface area contributed by atoms with Gasteiger partial charge in [0, 0.05) is 26.1 Å². The molecule has 0 aliphatic heterocycles. The fourth-order valence-electron chi connectivity index (χ4n) is 4.98. The summed E-state index contributed by atoms with van der Waals surface area (Å²) in [7, 11) is 1.48. The number of aliphatic hydroxyl groups is 1. The molecule has 1 aliphatic carbocycles. The van der Waals surface area contributed by atoms with Crippen molar-refractivity contribution in [2.45, 2.75) is 103 Å². The molecule has 0 atom stereocenters. The molecule has 0 heterocycles. The Balaban J connectivity index is 0.00000112. The number of methoxy groups -OCH3 is 2. The van der Waals surface area contributed by atoms with Crippen molar-refractivity contribution >= 4 is 0 Å². The molecule has 5 nitrogen and oxygen atoms in total. The minimum absolute atomic E-state index is 0.739. The lowest BCUT2D eigenvalue weighted by molar-refractivity contribution is -0.468. The molecule has 32 heteroatoms. The standard InChI is InChI=1S/C16H20F12O4.C7HF15O/c1-29-7-31-11(13(17,18)19,14(20,21)22)9-3-5-10(6-4-9)12(15(23,24)25,16(26,27)28)32-8-30-2;8-1(9,2(10,11)4(14,15)6(18,19)20)3(12,13)5(16,17)7(21,22)23/h9-10H,3-8H2,1-2H3;23H. The predicted molar refractivity (Wildman–Crippen MR) is 119 cm³/mol. The number of halogens is 27. The van der Waals surface area contributed by atoms with Crippen LogP contribution in [0.25, 0.3) is 0 Å². The Morgan fingerprint density at radius 3 is 0.764 bits per heavy atom. The van der Waals surface area contributed by atoms with E-state index in [1.165, 1.54) is 0 Å². The van der Waals surface area contributed by atoms with Gasteiger partial charge in [-0.25, -0.2) is 0 Å². The zero-order chi connectivity index (χ0) is 44.7. The normalized spacial score (nSPS) is 20.0. The Labute approximate surface area is 286 Å². The minimum Gasteiger partial charge on any atom is -0.359 e. The molecule has 0 unspecified atom stereocenters. The molecule has 1 fully saturated rings. The molecule has 0 spiro atoms. The van der Waals surface area contributed by atoms with E-state index < -0.39 is 129 Å². The van der Waals surface area contributed by atoms with Gasteiger partial charge in [0.2, 0.25) is 0 Å². The number of hydrogen-bond donors (Lipinski definition) is 1. The molecule has 0 amide bonds. The molecule has 1 N–H and O–H groups in total. The maximum atomic E-state index is 13.6. The van der Waals surface area contributed by atoms with E-state index in [9.17, 15) is 119 Å². The van der Waals surface area contributed by atoms with Gasteiger partial charge in [-0.3, -0.25) is 0 Å². The number of rotatable bonds is 13. The second kappa shape index (κ2) is 15.9. The minimum atomic E-state index is -8.35. The van der Waals surface area contributed by atoms with Crippen molar-refractivity contribution < 1.29 is 143 Å². The van der Waals surface area contributed by atoms with Gasteiger partial charge in [-0.15, -0.1) is 0 Å². The molecule has 0 radical (unpaired) electrons. The van der Waals surface area contributed by atoms with E-state index in [0.717, 1.165) is 14.2 Å².